The molecule has 1 aliphatic heterocycles. The normalized spacial score (nSPS) is 16.6. The highest BCUT2D eigenvalue weighted by Crippen LogP contribution is 2.21. The van der Waals surface area contributed by atoms with E-state index in [0.29, 0.717) is 18.5 Å². The van der Waals surface area contributed by atoms with Gasteiger partial charge in [-0.05, 0) is 31.2 Å². The predicted molar refractivity (Wildman–Crippen MR) is 97.0 cm³/mol. The van der Waals surface area contributed by atoms with E-state index in [1.165, 1.54) is 7.11 Å². The Labute approximate surface area is 148 Å². The second-order valence-corrected chi connectivity index (χ2v) is 6.57. The molecule has 25 heavy (non-hydrogen) atoms. The molecule has 2 heterocycles. The molecule has 6 nitrogen and oxygen atoms in total. The van der Waals surface area contributed by atoms with Gasteiger partial charge in [-0.2, -0.15) is 0 Å². The molecule has 0 aliphatic carbocycles. The zero-order valence-corrected chi connectivity index (χ0v) is 14.9. The minimum Gasteiger partial charge on any atom is -0.453 e. The number of rotatable bonds is 5. The van der Waals surface area contributed by atoms with Crippen molar-refractivity contribution in [3.05, 3.63) is 42.4 Å². The summed E-state index contributed by atoms with van der Waals surface area (Å²) in [5.74, 6) is 1.50. The molecular weight excluding hydrogens is 316 g/mol. The number of carbonyl (C=O) groups is 1. The number of imidazole rings is 1. The Kier molecular flexibility index (Phi) is 5.71. The van der Waals surface area contributed by atoms with Crippen LogP contribution in [0.25, 0.3) is 11.3 Å². The molecule has 1 amide bonds. The fourth-order valence-corrected chi connectivity index (χ4v) is 3.35. The minimum absolute atomic E-state index is 0.219. The summed E-state index contributed by atoms with van der Waals surface area (Å²) in [6, 6.07) is 10.6. The molecule has 0 bridgehead atoms. The van der Waals surface area contributed by atoms with Crippen LogP contribution in [0.2, 0.25) is 0 Å². The van der Waals surface area contributed by atoms with Crippen LogP contribution in [0.3, 0.4) is 0 Å². The number of aromatic amines is 1. The first-order valence-corrected chi connectivity index (χ1v) is 8.83. The summed E-state index contributed by atoms with van der Waals surface area (Å²) in [5, 5.41) is 3.56. The Hall–Kier alpha value is -2.34. The van der Waals surface area contributed by atoms with Crippen LogP contribution >= 0.6 is 0 Å². The Bertz CT molecular complexity index is 678. The average Bonchev–Trinajstić information content (AvgIpc) is 3.15. The summed E-state index contributed by atoms with van der Waals surface area (Å²) in [7, 11) is 1.44. The van der Waals surface area contributed by atoms with Crippen LogP contribution in [0.1, 0.15) is 25.6 Å². The van der Waals surface area contributed by atoms with Crippen LogP contribution in [0.5, 0.6) is 0 Å². The number of ether oxygens (including phenoxy) is 1. The van der Waals surface area contributed by atoms with Crippen molar-refractivity contribution in [3.63, 3.8) is 0 Å². The molecular formula is C19H26N4O2. The summed E-state index contributed by atoms with van der Waals surface area (Å²) in [4.78, 5) is 21.2. The van der Waals surface area contributed by atoms with Gasteiger partial charge in [-0.3, -0.25) is 0 Å². The van der Waals surface area contributed by atoms with Crippen LogP contribution < -0.4 is 5.32 Å². The zero-order valence-electron chi connectivity index (χ0n) is 14.9. The van der Waals surface area contributed by atoms with Crippen molar-refractivity contribution >= 4 is 6.09 Å². The van der Waals surface area contributed by atoms with E-state index >= 15 is 0 Å². The number of aromatic nitrogens is 2. The lowest BCUT2D eigenvalue weighted by Gasteiger charge is -2.34. The Morgan fingerprint density at radius 3 is 2.76 bits per heavy atom. The zero-order chi connectivity index (χ0) is 17.6. The number of methoxy groups -OCH3 is 1. The SMILES string of the molecule is COC(=O)N1CCC(C(C)NCc2ncc(-c3ccccc3)[nH]2)CC1. The number of hydrogen-bond acceptors (Lipinski definition) is 4. The summed E-state index contributed by atoms with van der Waals surface area (Å²) in [6.45, 7) is 4.45. The first-order chi connectivity index (χ1) is 12.2. The molecule has 1 aromatic heterocycles. The monoisotopic (exact) mass is 342 g/mol. The fraction of sp³-hybridized carbons (Fsp3) is 0.474. The number of carbonyl (C=O) groups excluding carboxylic acids is 1. The van der Waals surface area contributed by atoms with Crippen LogP contribution in [-0.2, 0) is 11.3 Å². The van der Waals surface area contributed by atoms with Crippen molar-refractivity contribution in [2.45, 2.75) is 32.4 Å². The van der Waals surface area contributed by atoms with Crippen molar-refractivity contribution < 1.29 is 9.53 Å². The highest BCUT2D eigenvalue weighted by atomic mass is 16.5. The first kappa shape index (κ1) is 17.5. The summed E-state index contributed by atoms with van der Waals surface area (Å²) in [6.07, 6.45) is 3.65. The van der Waals surface area contributed by atoms with Gasteiger partial charge in [0.1, 0.15) is 5.82 Å². The number of benzene rings is 1. The summed E-state index contributed by atoms with van der Waals surface area (Å²) < 4.78 is 4.79. The van der Waals surface area contributed by atoms with E-state index in [-0.39, 0.29) is 6.09 Å². The van der Waals surface area contributed by atoms with Crippen LogP contribution in [-0.4, -0.2) is 47.2 Å². The van der Waals surface area contributed by atoms with Crippen LogP contribution in [0, 0.1) is 5.92 Å². The average molecular weight is 342 g/mol. The number of likely N-dealkylation sites (tertiary alicyclic amines) is 1. The largest absolute Gasteiger partial charge is 0.453 e. The van der Waals surface area contributed by atoms with E-state index in [2.05, 4.69) is 34.3 Å². The second-order valence-electron chi connectivity index (χ2n) is 6.57. The molecule has 2 aromatic rings. The standard InChI is InChI=1S/C19H26N4O2/c1-14(15-8-10-23(11-9-15)19(24)25-2)20-13-18-21-12-17(22-18)16-6-4-3-5-7-16/h3-7,12,14-15,20H,8-11,13H2,1-2H3,(H,21,22). The van der Waals surface area contributed by atoms with Crippen molar-refractivity contribution in [1.82, 2.24) is 20.2 Å². The lowest BCUT2D eigenvalue weighted by molar-refractivity contribution is 0.101. The first-order valence-electron chi connectivity index (χ1n) is 8.83. The van der Waals surface area contributed by atoms with Gasteiger partial charge in [0.15, 0.2) is 0 Å². The van der Waals surface area contributed by atoms with Gasteiger partial charge >= 0.3 is 6.09 Å². The number of nitrogens with one attached hydrogen (secondary N) is 2. The molecule has 134 valence electrons. The Morgan fingerprint density at radius 2 is 2.08 bits per heavy atom. The van der Waals surface area contributed by atoms with Gasteiger partial charge in [0.05, 0.1) is 25.5 Å². The third-order valence-corrected chi connectivity index (χ3v) is 4.98. The number of piperidine rings is 1. The quantitative estimate of drug-likeness (QED) is 0.876. The molecule has 2 N–H and O–H groups in total. The lowest BCUT2D eigenvalue weighted by Crippen LogP contribution is -2.44. The molecule has 3 rings (SSSR count). The van der Waals surface area contributed by atoms with Gasteiger partial charge in [-0.25, -0.2) is 9.78 Å². The molecule has 1 aliphatic rings. The molecule has 0 spiro atoms. The van der Waals surface area contributed by atoms with Gasteiger partial charge in [0, 0.05) is 19.1 Å². The molecule has 0 saturated carbocycles. The van der Waals surface area contributed by atoms with Gasteiger partial charge < -0.3 is 19.9 Å². The maximum absolute atomic E-state index is 11.5. The van der Waals surface area contributed by atoms with Gasteiger partial charge in [-0.15, -0.1) is 0 Å². The predicted octanol–water partition coefficient (Wildman–Crippen LogP) is 3.03. The van der Waals surface area contributed by atoms with E-state index in [9.17, 15) is 4.79 Å². The van der Waals surface area contributed by atoms with E-state index < -0.39 is 0 Å². The lowest BCUT2D eigenvalue weighted by atomic mass is 9.90. The number of nitrogens with zero attached hydrogens (tertiary/aromatic N) is 2. The van der Waals surface area contributed by atoms with E-state index in [1.54, 1.807) is 4.90 Å². The summed E-state index contributed by atoms with van der Waals surface area (Å²) in [5.41, 5.74) is 2.18. The molecule has 1 atom stereocenters. The van der Waals surface area contributed by atoms with Crippen LogP contribution in [0.4, 0.5) is 4.79 Å². The van der Waals surface area contributed by atoms with E-state index in [1.807, 2.05) is 24.4 Å². The van der Waals surface area contributed by atoms with Crippen molar-refractivity contribution in [1.29, 1.82) is 0 Å². The molecule has 1 unspecified atom stereocenters. The number of amides is 1. The van der Waals surface area contributed by atoms with Gasteiger partial charge in [-0.1, -0.05) is 30.3 Å². The number of hydrogen-bond donors (Lipinski definition) is 2. The maximum atomic E-state index is 11.5. The molecule has 1 fully saturated rings. The van der Waals surface area contributed by atoms with Crippen molar-refractivity contribution in [2.75, 3.05) is 20.2 Å². The number of H-pyrrole nitrogens is 1. The molecule has 1 aromatic carbocycles. The fourth-order valence-electron chi connectivity index (χ4n) is 3.35. The highest BCUT2D eigenvalue weighted by molar-refractivity contribution is 5.67. The molecule has 0 radical (unpaired) electrons. The topological polar surface area (TPSA) is 70.2 Å². The minimum atomic E-state index is -0.219. The van der Waals surface area contributed by atoms with Crippen LogP contribution in [0.15, 0.2) is 36.5 Å². The second kappa shape index (κ2) is 8.16. The maximum Gasteiger partial charge on any atom is 0.409 e. The third-order valence-electron chi connectivity index (χ3n) is 4.98. The molecule has 6 heteroatoms. The smallest absolute Gasteiger partial charge is 0.409 e. The third kappa shape index (κ3) is 4.39. The van der Waals surface area contributed by atoms with E-state index in [4.69, 9.17) is 4.74 Å². The van der Waals surface area contributed by atoms with Crippen molar-refractivity contribution in [3.8, 4) is 11.3 Å². The highest BCUT2D eigenvalue weighted by Gasteiger charge is 2.26. The van der Waals surface area contributed by atoms with Gasteiger partial charge in [0.2, 0.25) is 0 Å². The van der Waals surface area contributed by atoms with E-state index in [0.717, 1.165) is 43.0 Å². The molecule has 1 saturated heterocycles. The summed E-state index contributed by atoms with van der Waals surface area (Å²) >= 11 is 0. The Balaban J connectivity index is 1.48. The Morgan fingerprint density at radius 1 is 1.36 bits per heavy atom. The van der Waals surface area contributed by atoms with Gasteiger partial charge in [0.25, 0.3) is 0 Å². The van der Waals surface area contributed by atoms with Crippen molar-refractivity contribution in [2.24, 2.45) is 5.92 Å².